The number of aryl methyl sites for hydroxylation is 1. The van der Waals surface area contributed by atoms with E-state index in [0.717, 1.165) is 32.7 Å². The third-order valence-electron chi connectivity index (χ3n) is 5.25. The number of benzene rings is 2. The van der Waals surface area contributed by atoms with Gasteiger partial charge in [0.15, 0.2) is 0 Å². The highest BCUT2D eigenvalue weighted by Crippen LogP contribution is 2.40. The Hall–Kier alpha value is -3.32. The van der Waals surface area contributed by atoms with E-state index in [-0.39, 0.29) is 11.7 Å². The van der Waals surface area contributed by atoms with Gasteiger partial charge in [0, 0.05) is 30.0 Å². The van der Waals surface area contributed by atoms with Crippen molar-refractivity contribution in [3.8, 4) is 11.1 Å². The number of nitrogens with zero attached hydrogens (tertiary/aromatic N) is 2. The lowest BCUT2D eigenvalue weighted by atomic mass is 10.0. The van der Waals surface area contributed by atoms with Crippen LogP contribution in [0, 0.1) is 12.7 Å². The van der Waals surface area contributed by atoms with E-state index in [1.165, 1.54) is 17.0 Å². The minimum Gasteiger partial charge on any atom is -0.369 e. The van der Waals surface area contributed by atoms with Crippen LogP contribution in [0.3, 0.4) is 0 Å². The molecule has 0 saturated carbocycles. The summed E-state index contributed by atoms with van der Waals surface area (Å²) in [5.74, 6) is 0.563. The fourth-order valence-corrected chi connectivity index (χ4v) is 4.68. The molecule has 2 aromatic heterocycles. The van der Waals surface area contributed by atoms with Crippen LogP contribution in [0.15, 0.2) is 60.9 Å². The Morgan fingerprint density at radius 1 is 1.03 bits per heavy atom. The largest absolute Gasteiger partial charge is 0.369 e. The molecule has 5 nitrogen and oxygen atoms in total. The number of hydrogen-bond acceptors (Lipinski definition) is 5. The molecule has 164 valence electrons. The number of carbonyl (C=O) groups excluding carboxylic acids is 1. The van der Waals surface area contributed by atoms with Gasteiger partial charge in [0.25, 0.3) is 0 Å². The van der Waals surface area contributed by atoms with E-state index in [0.29, 0.717) is 32.4 Å². The van der Waals surface area contributed by atoms with Gasteiger partial charge in [-0.25, -0.2) is 14.4 Å². The maximum absolute atomic E-state index is 12.9. The van der Waals surface area contributed by atoms with Crippen molar-refractivity contribution in [3.63, 3.8) is 0 Å². The molecule has 4 rings (SSSR count). The molecule has 2 aromatic carbocycles. The zero-order valence-electron chi connectivity index (χ0n) is 17.9. The number of anilines is 1. The highest BCUT2D eigenvalue weighted by atomic mass is 32.1. The molecule has 2 heterocycles. The zero-order chi connectivity index (χ0) is 22.3. The monoisotopic (exact) mass is 448 g/mol. The summed E-state index contributed by atoms with van der Waals surface area (Å²) in [5, 5.41) is 7.35. The third-order valence-corrected chi connectivity index (χ3v) is 6.26. The summed E-state index contributed by atoms with van der Waals surface area (Å²) >= 11 is 1.66. The van der Waals surface area contributed by atoms with Crippen LogP contribution in [0.1, 0.15) is 23.3 Å². The molecule has 7 heteroatoms. The summed E-state index contributed by atoms with van der Waals surface area (Å²) in [5.41, 5.74) is 3.31. The summed E-state index contributed by atoms with van der Waals surface area (Å²) < 4.78 is 12.9. The highest BCUT2D eigenvalue weighted by molar-refractivity contribution is 7.19. The van der Waals surface area contributed by atoms with Crippen LogP contribution in [0.2, 0.25) is 0 Å². The van der Waals surface area contributed by atoms with E-state index >= 15 is 0 Å². The molecule has 0 bridgehead atoms. The van der Waals surface area contributed by atoms with Crippen molar-refractivity contribution < 1.29 is 9.18 Å². The van der Waals surface area contributed by atoms with Gasteiger partial charge >= 0.3 is 0 Å². The van der Waals surface area contributed by atoms with Gasteiger partial charge in [0.1, 0.15) is 22.8 Å². The van der Waals surface area contributed by atoms with Crippen molar-refractivity contribution in [3.05, 3.63) is 77.2 Å². The zero-order valence-corrected chi connectivity index (χ0v) is 18.7. The van der Waals surface area contributed by atoms with Crippen LogP contribution in [-0.2, 0) is 11.2 Å². The van der Waals surface area contributed by atoms with Crippen molar-refractivity contribution in [1.29, 1.82) is 0 Å². The molecule has 0 atom stereocenters. The first-order valence-corrected chi connectivity index (χ1v) is 11.5. The van der Waals surface area contributed by atoms with Crippen molar-refractivity contribution in [1.82, 2.24) is 15.3 Å². The average Bonchev–Trinajstić information content (AvgIpc) is 3.15. The molecule has 1 amide bonds. The first-order valence-electron chi connectivity index (χ1n) is 10.7. The summed E-state index contributed by atoms with van der Waals surface area (Å²) in [6.07, 6.45) is 3.39. The number of halogens is 1. The van der Waals surface area contributed by atoms with Gasteiger partial charge in [0.05, 0.1) is 5.39 Å². The molecule has 32 heavy (non-hydrogen) atoms. The van der Waals surface area contributed by atoms with Gasteiger partial charge in [-0.15, -0.1) is 11.3 Å². The van der Waals surface area contributed by atoms with Gasteiger partial charge < -0.3 is 10.6 Å². The van der Waals surface area contributed by atoms with Crippen molar-refractivity contribution in [2.45, 2.75) is 26.2 Å². The number of hydrogen-bond donors (Lipinski definition) is 2. The van der Waals surface area contributed by atoms with Crippen LogP contribution in [-0.4, -0.2) is 29.0 Å². The Morgan fingerprint density at radius 2 is 1.81 bits per heavy atom. The minimum atomic E-state index is -0.250. The Bertz CT molecular complexity index is 1190. The Labute approximate surface area is 190 Å². The van der Waals surface area contributed by atoms with E-state index in [2.05, 4.69) is 39.7 Å². The Morgan fingerprint density at radius 3 is 2.59 bits per heavy atom. The second kappa shape index (κ2) is 10.3. The SMILES string of the molecule is Cc1sc2ncnc(NCCCC(=O)NCCc3ccc(F)cc3)c2c1-c1ccccc1. The van der Waals surface area contributed by atoms with Gasteiger partial charge in [0.2, 0.25) is 5.91 Å². The Kier molecular flexibility index (Phi) is 7.07. The normalized spacial score (nSPS) is 10.9. The van der Waals surface area contributed by atoms with Gasteiger partial charge in [-0.1, -0.05) is 42.5 Å². The van der Waals surface area contributed by atoms with Gasteiger partial charge in [-0.05, 0) is 43.0 Å². The highest BCUT2D eigenvalue weighted by Gasteiger charge is 2.16. The number of fused-ring (bicyclic) bond motifs is 1. The van der Waals surface area contributed by atoms with E-state index in [1.807, 2.05) is 18.2 Å². The van der Waals surface area contributed by atoms with Crippen LogP contribution < -0.4 is 10.6 Å². The summed E-state index contributed by atoms with van der Waals surface area (Å²) in [7, 11) is 0. The molecule has 0 radical (unpaired) electrons. The molecule has 0 aliphatic carbocycles. The number of rotatable bonds is 9. The number of carbonyl (C=O) groups is 1. The molecule has 0 fully saturated rings. The smallest absolute Gasteiger partial charge is 0.220 e. The number of amides is 1. The number of thiophene rings is 1. The van der Waals surface area contributed by atoms with E-state index in [1.54, 1.807) is 29.8 Å². The minimum absolute atomic E-state index is 0.0121. The standard InChI is InChI=1S/C25H25FN4OS/c1-17-22(19-6-3-2-4-7-19)23-24(29-16-30-25(23)32-17)28-14-5-8-21(31)27-15-13-18-9-11-20(26)12-10-18/h2-4,6-7,9-12,16H,5,8,13-15H2,1H3,(H,27,31)(H,28,29,30). The fraction of sp³-hybridized carbons (Fsp3) is 0.240. The van der Waals surface area contributed by atoms with E-state index in [4.69, 9.17) is 0 Å². The second-order valence-corrected chi connectivity index (χ2v) is 8.76. The molecule has 4 aromatic rings. The molecule has 0 unspecified atom stereocenters. The lowest BCUT2D eigenvalue weighted by molar-refractivity contribution is -0.121. The van der Waals surface area contributed by atoms with Crippen LogP contribution in [0.25, 0.3) is 21.3 Å². The summed E-state index contributed by atoms with van der Waals surface area (Å²) in [6.45, 7) is 3.29. The predicted octanol–water partition coefficient (Wildman–Crippen LogP) is 5.36. The van der Waals surface area contributed by atoms with Gasteiger partial charge in [-0.2, -0.15) is 0 Å². The maximum Gasteiger partial charge on any atom is 0.220 e. The average molecular weight is 449 g/mol. The quantitative estimate of drug-likeness (QED) is 0.339. The second-order valence-electron chi connectivity index (χ2n) is 7.56. The lowest BCUT2D eigenvalue weighted by Gasteiger charge is -2.09. The third kappa shape index (κ3) is 5.29. The van der Waals surface area contributed by atoms with Crippen LogP contribution in [0.4, 0.5) is 10.2 Å². The first-order chi connectivity index (χ1) is 15.6. The number of nitrogens with one attached hydrogen (secondary N) is 2. The molecule has 2 N–H and O–H groups in total. The van der Waals surface area contributed by atoms with Crippen LogP contribution in [0.5, 0.6) is 0 Å². The van der Waals surface area contributed by atoms with Crippen molar-refractivity contribution >= 4 is 33.3 Å². The molecule has 0 saturated heterocycles. The molecular weight excluding hydrogens is 423 g/mol. The Balaban J connectivity index is 1.31. The first kappa shape index (κ1) is 21.9. The maximum atomic E-state index is 12.9. The van der Waals surface area contributed by atoms with Crippen molar-refractivity contribution in [2.24, 2.45) is 0 Å². The molecule has 0 aliphatic rings. The number of aromatic nitrogens is 2. The van der Waals surface area contributed by atoms with Crippen molar-refractivity contribution in [2.75, 3.05) is 18.4 Å². The van der Waals surface area contributed by atoms with Gasteiger partial charge in [-0.3, -0.25) is 4.79 Å². The summed E-state index contributed by atoms with van der Waals surface area (Å²) in [4.78, 5) is 23.2. The molecule has 0 aliphatic heterocycles. The van der Waals surface area contributed by atoms with E-state index in [9.17, 15) is 9.18 Å². The lowest BCUT2D eigenvalue weighted by Crippen LogP contribution is -2.26. The topological polar surface area (TPSA) is 66.9 Å². The van der Waals surface area contributed by atoms with Crippen LogP contribution >= 0.6 is 11.3 Å². The summed E-state index contributed by atoms with van der Waals surface area (Å²) in [6, 6.07) is 16.6. The predicted molar refractivity (Wildman–Crippen MR) is 128 cm³/mol. The van der Waals surface area contributed by atoms with E-state index < -0.39 is 0 Å². The fourth-order valence-electron chi connectivity index (χ4n) is 3.67. The molecular formula is C25H25FN4OS. The molecule has 0 spiro atoms.